The normalized spacial score (nSPS) is 12.2. The molecule has 0 aliphatic rings. The summed E-state index contributed by atoms with van der Waals surface area (Å²) in [6.45, 7) is 15.4. The maximum absolute atomic E-state index is 3.93. The summed E-state index contributed by atoms with van der Waals surface area (Å²) in [4.78, 5) is 0. The van der Waals surface area contributed by atoms with Crippen LogP contribution in [0.3, 0.4) is 0 Å². The molecule has 0 saturated carbocycles. The van der Waals surface area contributed by atoms with E-state index in [0.717, 1.165) is 16.9 Å². The summed E-state index contributed by atoms with van der Waals surface area (Å²) in [7, 11) is 0. The standard InChI is InChI=1S/C57H48N2/c1-7-39-18-26-43(27-19-39)57(5,6)45-29-35-55-51(37-45)49-13-9-11-15-53(49)59(55)47-32-22-41(23-33-47)40-20-30-46(31-21-40)58-52-14-10-8-12-48(52)50-36-44(28-34-54(50)58)56(3,4)42-24-16-38(2)17-25-42/h7-37H,1H2,2-6H3. The highest BCUT2D eigenvalue weighted by Crippen LogP contribution is 2.40. The summed E-state index contributed by atoms with van der Waals surface area (Å²) in [5, 5.41) is 5.08. The fourth-order valence-electron chi connectivity index (χ4n) is 9.23. The Kier molecular flexibility index (Phi) is 8.58. The van der Waals surface area contributed by atoms with Gasteiger partial charge in [-0.2, -0.15) is 0 Å². The lowest BCUT2D eigenvalue weighted by Gasteiger charge is -2.26. The van der Waals surface area contributed by atoms with Gasteiger partial charge in [0.15, 0.2) is 0 Å². The molecule has 2 heteroatoms. The number of para-hydroxylation sites is 2. The highest BCUT2D eigenvalue weighted by atomic mass is 15.0. The molecule has 59 heavy (non-hydrogen) atoms. The summed E-state index contributed by atoms with van der Waals surface area (Å²) >= 11 is 0. The molecular weight excluding hydrogens is 713 g/mol. The molecule has 2 aromatic heterocycles. The van der Waals surface area contributed by atoms with Gasteiger partial charge in [0.1, 0.15) is 0 Å². The zero-order valence-corrected chi connectivity index (χ0v) is 34.5. The minimum atomic E-state index is -0.154. The van der Waals surface area contributed by atoms with Gasteiger partial charge in [-0.1, -0.05) is 167 Å². The third-order valence-corrected chi connectivity index (χ3v) is 13.0. The monoisotopic (exact) mass is 760 g/mol. The first-order valence-electron chi connectivity index (χ1n) is 20.7. The third-order valence-electron chi connectivity index (χ3n) is 13.0. The van der Waals surface area contributed by atoms with E-state index >= 15 is 0 Å². The molecule has 0 spiro atoms. The number of hydrogen-bond acceptors (Lipinski definition) is 0. The molecule has 0 atom stereocenters. The van der Waals surface area contributed by atoms with Gasteiger partial charge in [0.25, 0.3) is 0 Å². The highest BCUT2D eigenvalue weighted by molar-refractivity contribution is 6.10. The van der Waals surface area contributed by atoms with E-state index in [9.17, 15) is 0 Å². The molecule has 0 bridgehead atoms. The average molecular weight is 761 g/mol. The van der Waals surface area contributed by atoms with Gasteiger partial charge in [-0.25, -0.2) is 0 Å². The number of hydrogen-bond donors (Lipinski definition) is 0. The van der Waals surface area contributed by atoms with Crippen LogP contribution in [-0.4, -0.2) is 9.13 Å². The maximum atomic E-state index is 3.93. The second-order valence-electron chi connectivity index (χ2n) is 17.2. The van der Waals surface area contributed by atoms with E-state index in [2.05, 4.69) is 232 Å². The summed E-state index contributed by atoms with van der Waals surface area (Å²) in [5.74, 6) is 0. The predicted molar refractivity (Wildman–Crippen MR) is 253 cm³/mol. The van der Waals surface area contributed by atoms with Gasteiger partial charge in [0.2, 0.25) is 0 Å². The summed E-state index contributed by atoms with van der Waals surface area (Å²) in [5.41, 5.74) is 16.9. The molecule has 0 amide bonds. The molecule has 0 aliphatic heterocycles. The third kappa shape index (κ3) is 6.02. The van der Waals surface area contributed by atoms with E-state index in [1.807, 2.05) is 6.08 Å². The molecular formula is C57H48N2. The summed E-state index contributed by atoms with van der Waals surface area (Å²) < 4.78 is 4.82. The highest BCUT2D eigenvalue weighted by Gasteiger charge is 2.26. The Bertz CT molecular complexity index is 3190. The second kappa shape index (κ2) is 13.9. The van der Waals surface area contributed by atoms with E-state index in [4.69, 9.17) is 0 Å². The van der Waals surface area contributed by atoms with Crippen LogP contribution >= 0.6 is 0 Å². The van der Waals surface area contributed by atoms with Gasteiger partial charge < -0.3 is 9.13 Å². The van der Waals surface area contributed by atoms with E-state index in [1.54, 1.807) is 0 Å². The smallest absolute Gasteiger partial charge is 0.0541 e. The fourth-order valence-corrected chi connectivity index (χ4v) is 9.23. The largest absolute Gasteiger partial charge is 0.309 e. The Morgan fingerprint density at radius 1 is 0.390 bits per heavy atom. The minimum Gasteiger partial charge on any atom is -0.309 e. The van der Waals surface area contributed by atoms with Crippen molar-refractivity contribution >= 4 is 49.7 Å². The van der Waals surface area contributed by atoms with Crippen LogP contribution in [0.5, 0.6) is 0 Å². The molecule has 2 nitrogen and oxygen atoms in total. The van der Waals surface area contributed by atoms with Crippen molar-refractivity contribution in [1.29, 1.82) is 0 Å². The van der Waals surface area contributed by atoms with Gasteiger partial charge in [0, 0.05) is 43.7 Å². The summed E-state index contributed by atoms with van der Waals surface area (Å²) in [6.07, 6.45) is 1.90. The molecule has 286 valence electrons. The van der Waals surface area contributed by atoms with Gasteiger partial charge in [-0.05, 0) is 107 Å². The first-order valence-corrected chi connectivity index (χ1v) is 20.7. The van der Waals surface area contributed by atoms with Crippen LogP contribution in [0.25, 0.3) is 72.2 Å². The van der Waals surface area contributed by atoms with Crippen LogP contribution in [0.2, 0.25) is 0 Å². The van der Waals surface area contributed by atoms with E-state index < -0.39 is 0 Å². The van der Waals surface area contributed by atoms with E-state index in [0.29, 0.717) is 0 Å². The Balaban J connectivity index is 0.980. The number of aryl methyl sites for hydroxylation is 1. The van der Waals surface area contributed by atoms with Crippen LogP contribution in [0, 0.1) is 6.92 Å². The fraction of sp³-hybridized carbons (Fsp3) is 0.123. The lowest BCUT2D eigenvalue weighted by molar-refractivity contribution is 0.641. The van der Waals surface area contributed by atoms with Gasteiger partial charge in [0.05, 0.1) is 22.1 Å². The van der Waals surface area contributed by atoms with Crippen molar-refractivity contribution in [3.05, 3.63) is 222 Å². The van der Waals surface area contributed by atoms with E-state index in [-0.39, 0.29) is 10.8 Å². The van der Waals surface area contributed by atoms with Crippen molar-refractivity contribution in [2.45, 2.75) is 45.4 Å². The second-order valence-corrected chi connectivity index (χ2v) is 17.2. The zero-order valence-electron chi connectivity index (χ0n) is 34.5. The molecule has 0 N–H and O–H groups in total. The molecule has 0 radical (unpaired) electrons. The number of nitrogens with zero attached hydrogens (tertiary/aromatic N) is 2. The van der Waals surface area contributed by atoms with Gasteiger partial charge in [-0.15, -0.1) is 0 Å². The van der Waals surface area contributed by atoms with Crippen LogP contribution in [0.15, 0.2) is 189 Å². The minimum absolute atomic E-state index is 0.121. The molecule has 0 fully saturated rings. The van der Waals surface area contributed by atoms with Gasteiger partial charge in [-0.3, -0.25) is 0 Å². The lowest BCUT2D eigenvalue weighted by atomic mass is 9.77. The Hall–Kier alpha value is -6.90. The number of aromatic nitrogens is 2. The van der Waals surface area contributed by atoms with Crippen molar-refractivity contribution in [2.24, 2.45) is 0 Å². The summed E-state index contributed by atoms with van der Waals surface area (Å²) in [6, 6.07) is 67.4. The lowest BCUT2D eigenvalue weighted by Crippen LogP contribution is -2.18. The first-order chi connectivity index (χ1) is 28.6. The Morgan fingerprint density at radius 3 is 1.19 bits per heavy atom. The van der Waals surface area contributed by atoms with Crippen molar-refractivity contribution in [2.75, 3.05) is 0 Å². The molecule has 10 rings (SSSR count). The molecule has 10 aromatic rings. The Morgan fingerprint density at radius 2 is 0.763 bits per heavy atom. The molecule has 8 aromatic carbocycles. The van der Waals surface area contributed by atoms with Crippen molar-refractivity contribution in [1.82, 2.24) is 9.13 Å². The van der Waals surface area contributed by atoms with Crippen LogP contribution in [0.4, 0.5) is 0 Å². The molecule has 0 saturated heterocycles. The van der Waals surface area contributed by atoms with Crippen molar-refractivity contribution in [3.63, 3.8) is 0 Å². The van der Waals surface area contributed by atoms with Crippen molar-refractivity contribution < 1.29 is 0 Å². The SMILES string of the molecule is C=Cc1ccc(C(C)(C)c2ccc3c(c2)c2ccccc2n3-c2ccc(-c3ccc(-n4c5ccccc5c5cc(C(C)(C)c6ccc(C)cc6)ccc54)cc3)cc2)cc1. The topological polar surface area (TPSA) is 9.86 Å². The van der Waals surface area contributed by atoms with Crippen LogP contribution in [0.1, 0.15) is 61.1 Å². The van der Waals surface area contributed by atoms with Crippen LogP contribution < -0.4 is 0 Å². The number of fused-ring (bicyclic) bond motifs is 6. The van der Waals surface area contributed by atoms with Crippen LogP contribution in [-0.2, 0) is 10.8 Å². The van der Waals surface area contributed by atoms with E-state index in [1.165, 1.54) is 82.6 Å². The van der Waals surface area contributed by atoms with Gasteiger partial charge >= 0.3 is 0 Å². The average Bonchev–Trinajstić information content (AvgIpc) is 3.79. The molecule has 2 heterocycles. The number of rotatable bonds is 8. The Labute approximate surface area is 347 Å². The predicted octanol–water partition coefficient (Wildman–Crippen LogP) is 15.2. The quantitative estimate of drug-likeness (QED) is 0.146. The molecule has 0 aliphatic carbocycles. The number of benzene rings is 8. The van der Waals surface area contributed by atoms with Crippen molar-refractivity contribution in [3.8, 4) is 22.5 Å². The first kappa shape index (κ1) is 36.4. The molecule has 0 unspecified atom stereocenters. The maximum Gasteiger partial charge on any atom is 0.0541 e. The zero-order chi connectivity index (χ0) is 40.5.